The number of carbonyl (C=O) groups is 1. The minimum Gasteiger partial charge on any atom is -0.322 e. The standard InChI is InChI=1S/C23H28N2O3S/c1-15-4-3-5-19(12-15)23(26)24-20-8-10-21(11-9-20)29(27,28)25-16(2)22-14-17-6-7-18(22)13-17/h3-5,8-12,16-18,22,25H,6-7,13-14H2,1-2H3,(H,24,26)/t16-,17+,18+,22-/m0/s1. The highest BCUT2D eigenvalue weighted by atomic mass is 32.2. The second-order valence-corrected chi connectivity index (χ2v) is 10.3. The molecular formula is C23H28N2O3S. The molecule has 5 nitrogen and oxygen atoms in total. The lowest BCUT2D eigenvalue weighted by molar-refractivity contribution is 0.102. The predicted molar refractivity (Wildman–Crippen MR) is 114 cm³/mol. The number of nitrogens with one attached hydrogen (secondary N) is 2. The van der Waals surface area contributed by atoms with Gasteiger partial charge in [-0.25, -0.2) is 13.1 Å². The smallest absolute Gasteiger partial charge is 0.255 e. The molecule has 29 heavy (non-hydrogen) atoms. The van der Waals surface area contributed by atoms with E-state index < -0.39 is 10.0 Å². The van der Waals surface area contributed by atoms with Gasteiger partial charge in [0.15, 0.2) is 0 Å². The molecule has 0 unspecified atom stereocenters. The first-order valence-corrected chi connectivity index (χ1v) is 11.8. The van der Waals surface area contributed by atoms with Gasteiger partial charge in [0.05, 0.1) is 4.90 Å². The van der Waals surface area contributed by atoms with Crippen LogP contribution in [0, 0.1) is 24.7 Å². The van der Waals surface area contributed by atoms with Crippen molar-refractivity contribution in [2.75, 3.05) is 5.32 Å². The van der Waals surface area contributed by atoms with Crippen molar-refractivity contribution in [3.05, 3.63) is 59.7 Å². The lowest BCUT2D eigenvalue weighted by atomic mass is 9.84. The second kappa shape index (κ2) is 7.92. The van der Waals surface area contributed by atoms with Crippen molar-refractivity contribution in [3.8, 4) is 0 Å². The molecule has 2 fully saturated rings. The highest BCUT2D eigenvalue weighted by molar-refractivity contribution is 7.89. The molecule has 0 radical (unpaired) electrons. The van der Waals surface area contributed by atoms with Gasteiger partial charge in [-0.15, -0.1) is 0 Å². The summed E-state index contributed by atoms with van der Waals surface area (Å²) in [5.41, 5.74) is 2.15. The van der Waals surface area contributed by atoms with E-state index >= 15 is 0 Å². The van der Waals surface area contributed by atoms with Crippen LogP contribution in [0.2, 0.25) is 0 Å². The van der Waals surface area contributed by atoms with Crippen molar-refractivity contribution in [1.29, 1.82) is 0 Å². The summed E-state index contributed by atoms with van der Waals surface area (Å²) in [6.45, 7) is 3.92. The molecule has 2 saturated carbocycles. The van der Waals surface area contributed by atoms with Crippen LogP contribution in [0.4, 0.5) is 5.69 Å². The highest BCUT2D eigenvalue weighted by Gasteiger charge is 2.42. The van der Waals surface area contributed by atoms with Gasteiger partial charge in [-0.2, -0.15) is 0 Å². The van der Waals surface area contributed by atoms with Crippen LogP contribution in [0.15, 0.2) is 53.4 Å². The number of benzene rings is 2. The Labute approximate surface area is 173 Å². The van der Waals surface area contributed by atoms with E-state index in [1.807, 2.05) is 32.0 Å². The lowest BCUT2D eigenvalue weighted by Crippen LogP contribution is -2.40. The molecule has 2 aliphatic rings. The van der Waals surface area contributed by atoms with E-state index in [0.717, 1.165) is 17.9 Å². The average molecular weight is 413 g/mol. The highest BCUT2D eigenvalue weighted by Crippen LogP contribution is 2.49. The Morgan fingerprint density at radius 2 is 1.83 bits per heavy atom. The Hall–Kier alpha value is -2.18. The van der Waals surface area contributed by atoms with Crippen LogP contribution in [0.5, 0.6) is 0 Å². The van der Waals surface area contributed by atoms with Gasteiger partial charge >= 0.3 is 0 Å². The van der Waals surface area contributed by atoms with Crippen molar-refractivity contribution in [2.45, 2.75) is 50.5 Å². The Balaban J connectivity index is 1.40. The quantitative estimate of drug-likeness (QED) is 0.741. The van der Waals surface area contributed by atoms with Gasteiger partial charge in [0, 0.05) is 17.3 Å². The van der Waals surface area contributed by atoms with Crippen molar-refractivity contribution >= 4 is 21.6 Å². The van der Waals surface area contributed by atoms with Crippen molar-refractivity contribution < 1.29 is 13.2 Å². The summed E-state index contributed by atoms with van der Waals surface area (Å²) in [6, 6.07) is 13.6. The minimum absolute atomic E-state index is 0.0593. The molecule has 0 aromatic heterocycles. The number of rotatable bonds is 6. The fourth-order valence-corrected chi connectivity index (χ4v) is 6.31. The van der Waals surface area contributed by atoms with Crippen molar-refractivity contribution in [1.82, 2.24) is 4.72 Å². The molecule has 0 heterocycles. The topological polar surface area (TPSA) is 75.3 Å². The molecule has 0 saturated heterocycles. The van der Waals surface area contributed by atoms with Crippen LogP contribution in [-0.4, -0.2) is 20.4 Å². The molecule has 2 aromatic carbocycles. The molecule has 2 N–H and O–H groups in total. The van der Waals surface area contributed by atoms with E-state index in [0.29, 0.717) is 23.1 Å². The Morgan fingerprint density at radius 3 is 2.45 bits per heavy atom. The number of carbonyl (C=O) groups excluding carboxylic acids is 1. The third-order valence-electron chi connectivity index (χ3n) is 6.48. The van der Waals surface area contributed by atoms with Crippen LogP contribution >= 0.6 is 0 Å². The zero-order valence-electron chi connectivity index (χ0n) is 16.9. The lowest BCUT2D eigenvalue weighted by Gasteiger charge is -2.28. The van der Waals surface area contributed by atoms with Crippen LogP contribution in [0.1, 0.15) is 48.5 Å². The molecule has 0 spiro atoms. The first-order chi connectivity index (χ1) is 13.8. The van der Waals surface area contributed by atoms with Crippen LogP contribution in [0.3, 0.4) is 0 Å². The van der Waals surface area contributed by atoms with Crippen LogP contribution in [-0.2, 0) is 10.0 Å². The summed E-state index contributed by atoms with van der Waals surface area (Å²) in [7, 11) is -3.58. The SMILES string of the molecule is Cc1cccc(C(=O)Nc2ccc(S(=O)(=O)N[C@@H](C)[C@@H]3C[C@@H]4CC[C@@H]3C4)cc2)c1. The first kappa shape index (κ1) is 20.1. The van der Waals surface area contributed by atoms with Gasteiger partial charge in [-0.1, -0.05) is 24.1 Å². The molecule has 4 rings (SSSR count). The maximum absolute atomic E-state index is 12.8. The summed E-state index contributed by atoms with van der Waals surface area (Å²) >= 11 is 0. The Bertz CT molecular complexity index is 1000. The molecule has 2 bridgehead atoms. The summed E-state index contributed by atoms with van der Waals surface area (Å²) in [6.07, 6.45) is 4.93. The van der Waals surface area contributed by atoms with E-state index in [1.165, 1.54) is 19.3 Å². The number of sulfonamides is 1. The predicted octanol–water partition coefficient (Wildman–Crippen LogP) is 4.35. The number of hydrogen-bond donors (Lipinski definition) is 2. The number of anilines is 1. The Kier molecular flexibility index (Phi) is 5.49. The van der Waals surface area contributed by atoms with Gasteiger partial charge in [0.1, 0.15) is 0 Å². The van der Waals surface area contributed by atoms with Gasteiger partial charge in [-0.05, 0) is 87.3 Å². The maximum Gasteiger partial charge on any atom is 0.255 e. The molecule has 154 valence electrons. The van der Waals surface area contributed by atoms with Crippen LogP contribution < -0.4 is 10.0 Å². The van der Waals surface area contributed by atoms with Gasteiger partial charge in [-0.3, -0.25) is 4.79 Å². The number of hydrogen-bond acceptors (Lipinski definition) is 3. The van der Waals surface area contributed by atoms with Gasteiger partial charge in [0.25, 0.3) is 5.91 Å². The molecule has 6 heteroatoms. The monoisotopic (exact) mass is 412 g/mol. The molecule has 2 aliphatic carbocycles. The van der Waals surface area contributed by atoms with Crippen LogP contribution in [0.25, 0.3) is 0 Å². The van der Waals surface area contributed by atoms with Gasteiger partial charge in [0.2, 0.25) is 10.0 Å². The van der Waals surface area contributed by atoms with Crippen molar-refractivity contribution in [3.63, 3.8) is 0 Å². The molecular weight excluding hydrogens is 384 g/mol. The van der Waals surface area contributed by atoms with E-state index in [1.54, 1.807) is 30.3 Å². The zero-order chi connectivity index (χ0) is 20.6. The number of fused-ring (bicyclic) bond motifs is 2. The second-order valence-electron chi connectivity index (χ2n) is 8.60. The average Bonchev–Trinajstić information content (AvgIpc) is 3.32. The minimum atomic E-state index is -3.58. The molecule has 1 amide bonds. The fourth-order valence-electron chi connectivity index (χ4n) is 5.01. The maximum atomic E-state index is 12.8. The van der Waals surface area contributed by atoms with E-state index in [-0.39, 0.29) is 16.8 Å². The fraction of sp³-hybridized carbons (Fsp3) is 0.435. The van der Waals surface area contributed by atoms with Gasteiger partial charge < -0.3 is 5.32 Å². The Morgan fingerprint density at radius 1 is 1.07 bits per heavy atom. The summed E-state index contributed by atoms with van der Waals surface area (Å²) in [5, 5.41) is 2.81. The largest absolute Gasteiger partial charge is 0.322 e. The first-order valence-electron chi connectivity index (χ1n) is 10.3. The van der Waals surface area contributed by atoms with E-state index in [2.05, 4.69) is 10.0 Å². The van der Waals surface area contributed by atoms with E-state index in [4.69, 9.17) is 0 Å². The van der Waals surface area contributed by atoms with Crippen molar-refractivity contribution in [2.24, 2.45) is 17.8 Å². The normalized spacial score (nSPS) is 24.4. The molecule has 2 aromatic rings. The molecule has 4 atom stereocenters. The third kappa shape index (κ3) is 4.38. The summed E-state index contributed by atoms with van der Waals surface area (Å²) < 4.78 is 28.5. The van der Waals surface area contributed by atoms with E-state index in [9.17, 15) is 13.2 Å². The molecule has 0 aliphatic heterocycles. The third-order valence-corrected chi connectivity index (χ3v) is 8.05. The summed E-state index contributed by atoms with van der Waals surface area (Å²) in [5.74, 6) is 1.67. The number of aryl methyl sites for hydroxylation is 1. The number of amides is 1. The zero-order valence-corrected chi connectivity index (χ0v) is 17.7. The summed E-state index contributed by atoms with van der Waals surface area (Å²) in [4.78, 5) is 12.6.